The first-order valence-electron chi connectivity index (χ1n) is 10.6. The molecule has 0 aromatic heterocycles. The average molecular weight is 441 g/mol. The minimum Gasteiger partial charge on any atom is -0.497 e. The third-order valence-corrected chi connectivity index (χ3v) is 5.74. The highest BCUT2D eigenvalue weighted by Gasteiger charge is 2.27. The summed E-state index contributed by atoms with van der Waals surface area (Å²) in [6, 6.07) is 13.4. The fourth-order valence-electron chi connectivity index (χ4n) is 3.92. The van der Waals surface area contributed by atoms with Crippen LogP contribution >= 0.6 is 0 Å². The van der Waals surface area contributed by atoms with Crippen LogP contribution in [0.2, 0.25) is 0 Å². The zero-order valence-electron chi connectivity index (χ0n) is 18.4. The molecule has 0 unspecified atom stereocenters. The van der Waals surface area contributed by atoms with Crippen LogP contribution in [-0.4, -0.2) is 77.0 Å². The number of ether oxygens (including phenoxy) is 3. The van der Waals surface area contributed by atoms with Crippen LogP contribution in [0.3, 0.4) is 0 Å². The van der Waals surface area contributed by atoms with E-state index in [1.807, 2.05) is 35.2 Å². The number of carbonyl (C=O) groups excluding carboxylic acids is 2. The second-order valence-electron chi connectivity index (χ2n) is 7.57. The Labute approximate surface area is 187 Å². The maximum absolute atomic E-state index is 12.7. The Morgan fingerprint density at radius 1 is 1.00 bits per heavy atom. The van der Waals surface area contributed by atoms with Crippen molar-refractivity contribution in [3.63, 3.8) is 0 Å². The van der Waals surface area contributed by atoms with Crippen molar-refractivity contribution in [1.29, 1.82) is 0 Å². The normalized spacial score (nSPS) is 16.1. The minimum atomic E-state index is -0.397. The van der Waals surface area contributed by atoms with Gasteiger partial charge in [-0.25, -0.2) is 4.79 Å². The predicted octanol–water partition coefficient (Wildman–Crippen LogP) is 2.42. The van der Waals surface area contributed by atoms with Gasteiger partial charge in [-0.15, -0.1) is 0 Å². The number of hydrogen-bond donors (Lipinski definition) is 1. The molecule has 0 spiro atoms. The van der Waals surface area contributed by atoms with E-state index in [0.717, 1.165) is 30.2 Å². The average Bonchev–Trinajstić information content (AvgIpc) is 3.28. The lowest BCUT2D eigenvalue weighted by Gasteiger charge is -2.36. The molecule has 170 valence electrons. The second kappa shape index (κ2) is 9.67. The quantitative estimate of drug-likeness (QED) is 0.708. The third-order valence-electron chi connectivity index (χ3n) is 5.74. The fraction of sp³-hybridized carbons (Fsp3) is 0.391. The number of nitrogens with zero attached hydrogens (tertiary/aromatic N) is 3. The molecule has 2 aromatic rings. The molecular formula is C23H28N4O5. The van der Waals surface area contributed by atoms with Gasteiger partial charge in [-0.2, -0.15) is 0 Å². The van der Waals surface area contributed by atoms with E-state index in [9.17, 15) is 9.59 Å². The number of cyclic esters (lactones) is 1. The van der Waals surface area contributed by atoms with E-state index < -0.39 is 6.09 Å². The number of benzene rings is 2. The van der Waals surface area contributed by atoms with Gasteiger partial charge in [0.1, 0.15) is 18.1 Å². The minimum absolute atomic E-state index is 0.0392. The van der Waals surface area contributed by atoms with Gasteiger partial charge in [0, 0.05) is 37.6 Å². The Morgan fingerprint density at radius 2 is 1.75 bits per heavy atom. The molecule has 0 bridgehead atoms. The maximum atomic E-state index is 12.7. The molecule has 2 saturated heterocycles. The van der Waals surface area contributed by atoms with Crippen LogP contribution < -0.4 is 24.6 Å². The van der Waals surface area contributed by atoms with Crippen molar-refractivity contribution in [1.82, 2.24) is 4.90 Å². The van der Waals surface area contributed by atoms with Gasteiger partial charge in [0.05, 0.1) is 33.0 Å². The topological polar surface area (TPSA) is 83.6 Å². The molecular weight excluding hydrogens is 412 g/mol. The second-order valence-corrected chi connectivity index (χ2v) is 7.57. The molecule has 0 saturated carbocycles. The molecule has 1 N–H and O–H groups in total. The van der Waals surface area contributed by atoms with Crippen LogP contribution in [0.15, 0.2) is 42.5 Å². The summed E-state index contributed by atoms with van der Waals surface area (Å²) in [7, 11) is 3.21. The Morgan fingerprint density at radius 3 is 2.38 bits per heavy atom. The van der Waals surface area contributed by atoms with Crippen LogP contribution in [0.5, 0.6) is 11.5 Å². The number of nitrogens with one attached hydrogen (secondary N) is 1. The van der Waals surface area contributed by atoms with Crippen molar-refractivity contribution in [2.75, 3.05) is 75.2 Å². The summed E-state index contributed by atoms with van der Waals surface area (Å²) in [4.78, 5) is 30.3. The van der Waals surface area contributed by atoms with Gasteiger partial charge in [-0.1, -0.05) is 0 Å². The summed E-state index contributed by atoms with van der Waals surface area (Å²) in [6.07, 6.45) is -0.397. The summed E-state index contributed by atoms with van der Waals surface area (Å²) >= 11 is 0. The number of hydrogen-bond acceptors (Lipinski definition) is 7. The van der Waals surface area contributed by atoms with E-state index in [-0.39, 0.29) is 12.5 Å². The SMILES string of the molecule is COc1ccc(N2CCN(C(=O)CNc3ccc(OC)c(N4CCOC4=O)c3)CC2)cc1. The summed E-state index contributed by atoms with van der Waals surface area (Å²) in [5.41, 5.74) is 2.49. The number of anilines is 3. The first-order chi connectivity index (χ1) is 15.6. The molecule has 9 heteroatoms. The molecule has 2 amide bonds. The smallest absolute Gasteiger partial charge is 0.414 e. The number of rotatable bonds is 7. The van der Waals surface area contributed by atoms with Gasteiger partial charge in [0.15, 0.2) is 0 Å². The maximum Gasteiger partial charge on any atom is 0.414 e. The molecule has 2 heterocycles. The van der Waals surface area contributed by atoms with Gasteiger partial charge in [-0.3, -0.25) is 9.69 Å². The first kappa shape index (κ1) is 21.6. The highest BCUT2D eigenvalue weighted by molar-refractivity contribution is 5.92. The van der Waals surface area contributed by atoms with Crippen LogP contribution in [0, 0.1) is 0 Å². The van der Waals surface area contributed by atoms with E-state index in [0.29, 0.717) is 37.7 Å². The molecule has 0 aliphatic carbocycles. The van der Waals surface area contributed by atoms with Crippen LogP contribution in [0.1, 0.15) is 0 Å². The van der Waals surface area contributed by atoms with Gasteiger partial charge in [-0.05, 0) is 42.5 Å². The molecule has 4 rings (SSSR count). The van der Waals surface area contributed by atoms with Gasteiger partial charge in [0.2, 0.25) is 5.91 Å². The van der Waals surface area contributed by atoms with E-state index in [1.165, 1.54) is 4.90 Å². The first-order valence-corrected chi connectivity index (χ1v) is 10.6. The lowest BCUT2D eigenvalue weighted by molar-refractivity contribution is -0.129. The number of amides is 2. The van der Waals surface area contributed by atoms with Crippen molar-refractivity contribution < 1.29 is 23.8 Å². The van der Waals surface area contributed by atoms with Crippen molar-refractivity contribution in [3.8, 4) is 11.5 Å². The molecule has 0 radical (unpaired) electrons. The van der Waals surface area contributed by atoms with Crippen molar-refractivity contribution in [3.05, 3.63) is 42.5 Å². The highest BCUT2D eigenvalue weighted by atomic mass is 16.6. The Bertz CT molecular complexity index is 957. The predicted molar refractivity (Wildman–Crippen MR) is 122 cm³/mol. The van der Waals surface area contributed by atoms with Crippen molar-refractivity contribution in [2.45, 2.75) is 0 Å². The molecule has 0 atom stereocenters. The van der Waals surface area contributed by atoms with E-state index in [4.69, 9.17) is 14.2 Å². The standard InChI is InChI=1S/C23H28N4O5/c1-30-19-6-4-18(5-7-19)25-9-11-26(12-10-25)22(28)16-24-17-3-8-21(31-2)20(15-17)27-13-14-32-23(27)29/h3-8,15,24H,9-14,16H2,1-2H3. The largest absolute Gasteiger partial charge is 0.497 e. The molecule has 9 nitrogen and oxygen atoms in total. The van der Waals surface area contributed by atoms with Gasteiger partial charge in [0.25, 0.3) is 0 Å². The zero-order chi connectivity index (χ0) is 22.5. The summed E-state index contributed by atoms with van der Waals surface area (Å²) in [5, 5.41) is 3.17. The van der Waals surface area contributed by atoms with Crippen LogP contribution in [0.25, 0.3) is 0 Å². The fourth-order valence-corrected chi connectivity index (χ4v) is 3.92. The molecule has 2 aliphatic rings. The molecule has 2 fully saturated rings. The Kier molecular flexibility index (Phi) is 6.53. The zero-order valence-corrected chi connectivity index (χ0v) is 18.4. The molecule has 32 heavy (non-hydrogen) atoms. The number of piperazine rings is 1. The number of carbonyl (C=O) groups is 2. The monoisotopic (exact) mass is 440 g/mol. The highest BCUT2D eigenvalue weighted by Crippen LogP contribution is 2.33. The van der Waals surface area contributed by atoms with Crippen LogP contribution in [-0.2, 0) is 9.53 Å². The lowest BCUT2D eigenvalue weighted by Crippen LogP contribution is -2.50. The van der Waals surface area contributed by atoms with E-state index in [2.05, 4.69) is 10.2 Å². The number of methoxy groups -OCH3 is 2. The lowest BCUT2D eigenvalue weighted by atomic mass is 10.2. The summed E-state index contributed by atoms with van der Waals surface area (Å²) < 4.78 is 15.6. The van der Waals surface area contributed by atoms with E-state index in [1.54, 1.807) is 26.4 Å². The molecule has 2 aliphatic heterocycles. The van der Waals surface area contributed by atoms with Crippen molar-refractivity contribution in [2.24, 2.45) is 0 Å². The summed E-state index contributed by atoms with van der Waals surface area (Å²) in [5.74, 6) is 1.45. The van der Waals surface area contributed by atoms with Crippen LogP contribution in [0.4, 0.5) is 21.9 Å². The van der Waals surface area contributed by atoms with Crippen molar-refractivity contribution >= 4 is 29.1 Å². The van der Waals surface area contributed by atoms with Gasteiger partial charge >= 0.3 is 6.09 Å². The summed E-state index contributed by atoms with van der Waals surface area (Å²) in [6.45, 7) is 3.89. The van der Waals surface area contributed by atoms with E-state index >= 15 is 0 Å². The Balaban J connectivity index is 1.31. The third kappa shape index (κ3) is 4.66. The molecule has 2 aromatic carbocycles. The van der Waals surface area contributed by atoms with Gasteiger partial charge < -0.3 is 29.3 Å². The Hall–Kier alpha value is -3.62.